The van der Waals surface area contributed by atoms with E-state index in [0.717, 1.165) is 16.9 Å². The minimum absolute atomic E-state index is 0.0491. The van der Waals surface area contributed by atoms with E-state index in [4.69, 9.17) is 4.74 Å². The molecule has 0 saturated carbocycles. The van der Waals surface area contributed by atoms with Gasteiger partial charge < -0.3 is 15.2 Å². The average molecular weight is 237 g/mol. The molecular formula is C14H23NO2. The number of ether oxygens (including phenoxy) is 1. The lowest BCUT2D eigenvalue weighted by atomic mass is 10.0. The molecule has 0 bridgehead atoms. The van der Waals surface area contributed by atoms with Crippen molar-refractivity contribution in [2.45, 2.75) is 33.2 Å². The van der Waals surface area contributed by atoms with Gasteiger partial charge in [0.1, 0.15) is 12.4 Å². The Balaban J connectivity index is 2.83. The number of aliphatic hydroxyl groups is 1. The van der Waals surface area contributed by atoms with Crippen LogP contribution in [0, 0.1) is 20.8 Å². The summed E-state index contributed by atoms with van der Waals surface area (Å²) in [5.41, 5.74) is 3.12. The van der Waals surface area contributed by atoms with Crippen molar-refractivity contribution < 1.29 is 9.84 Å². The number of rotatable bonds is 5. The predicted molar refractivity (Wildman–Crippen MR) is 70.7 cm³/mol. The molecule has 0 radical (unpaired) electrons. The van der Waals surface area contributed by atoms with Crippen molar-refractivity contribution in [1.29, 1.82) is 0 Å². The van der Waals surface area contributed by atoms with Crippen LogP contribution < -0.4 is 10.1 Å². The highest BCUT2D eigenvalue weighted by atomic mass is 16.5. The molecule has 3 heteroatoms. The van der Waals surface area contributed by atoms with E-state index in [1.54, 1.807) is 0 Å². The largest absolute Gasteiger partial charge is 0.491 e. The van der Waals surface area contributed by atoms with Gasteiger partial charge >= 0.3 is 0 Å². The van der Waals surface area contributed by atoms with Crippen LogP contribution in [0.5, 0.6) is 5.75 Å². The van der Waals surface area contributed by atoms with Crippen molar-refractivity contribution in [3.8, 4) is 5.75 Å². The Morgan fingerprint density at radius 2 is 1.76 bits per heavy atom. The highest BCUT2D eigenvalue weighted by molar-refractivity contribution is 5.43. The molecular weight excluding hydrogens is 214 g/mol. The molecule has 2 N–H and O–H groups in total. The lowest BCUT2D eigenvalue weighted by molar-refractivity contribution is 0.121. The lowest BCUT2D eigenvalue weighted by Crippen LogP contribution is -2.48. The van der Waals surface area contributed by atoms with Crippen LogP contribution in [0.2, 0.25) is 0 Å². The summed E-state index contributed by atoms with van der Waals surface area (Å²) in [5.74, 6) is 0.922. The second-order valence-electron chi connectivity index (χ2n) is 4.99. The maximum absolute atomic E-state index is 9.30. The number of benzene rings is 1. The molecule has 0 aliphatic carbocycles. The Morgan fingerprint density at radius 1 is 1.24 bits per heavy atom. The van der Waals surface area contributed by atoms with Crippen LogP contribution in [0.1, 0.15) is 23.6 Å². The molecule has 1 unspecified atom stereocenters. The SMILES string of the molecule is CNC(C)(CO)COc1c(C)cc(C)cc1C. The number of likely N-dealkylation sites (N-methyl/N-ethyl adjacent to an activating group) is 1. The first-order valence-corrected chi connectivity index (χ1v) is 5.92. The second-order valence-corrected chi connectivity index (χ2v) is 4.99. The number of aryl methyl sites for hydroxylation is 3. The maximum Gasteiger partial charge on any atom is 0.125 e. The van der Waals surface area contributed by atoms with Crippen molar-refractivity contribution in [1.82, 2.24) is 5.32 Å². The summed E-state index contributed by atoms with van der Waals surface area (Å²) in [7, 11) is 1.83. The molecule has 1 rings (SSSR count). The monoisotopic (exact) mass is 237 g/mol. The summed E-state index contributed by atoms with van der Waals surface area (Å²) in [4.78, 5) is 0. The minimum atomic E-state index is -0.399. The van der Waals surface area contributed by atoms with E-state index in [1.807, 2.05) is 27.8 Å². The van der Waals surface area contributed by atoms with Crippen LogP contribution in [0.25, 0.3) is 0 Å². The minimum Gasteiger partial charge on any atom is -0.491 e. The quantitative estimate of drug-likeness (QED) is 0.822. The highest BCUT2D eigenvalue weighted by Crippen LogP contribution is 2.25. The molecule has 17 heavy (non-hydrogen) atoms. The predicted octanol–water partition coefficient (Wildman–Crippen LogP) is 1.96. The molecule has 0 saturated heterocycles. The van der Waals surface area contributed by atoms with Gasteiger partial charge in [0.05, 0.1) is 12.1 Å². The van der Waals surface area contributed by atoms with Gasteiger partial charge in [-0.05, 0) is 45.9 Å². The van der Waals surface area contributed by atoms with Crippen LogP contribution in [0.3, 0.4) is 0 Å². The molecule has 3 nitrogen and oxygen atoms in total. The van der Waals surface area contributed by atoms with Gasteiger partial charge in [-0.25, -0.2) is 0 Å². The van der Waals surface area contributed by atoms with Crippen LogP contribution in [-0.2, 0) is 0 Å². The summed E-state index contributed by atoms with van der Waals surface area (Å²) < 4.78 is 5.85. The molecule has 0 heterocycles. The third-order valence-corrected chi connectivity index (χ3v) is 3.09. The smallest absolute Gasteiger partial charge is 0.125 e. The standard InChI is InChI=1S/C14H23NO2/c1-10-6-11(2)13(12(3)7-10)17-9-14(4,8-16)15-5/h6-7,15-16H,8-9H2,1-5H3. The van der Waals surface area contributed by atoms with Gasteiger partial charge in [0, 0.05) is 0 Å². The van der Waals surface area contributed by atoms with E-state index in [-0.39, 0.29) is 6.61 Å². The van der Waals surface area contributed by atoms with Gasteiger partial charge in [0.2, 0.25) is 0 Å². The topological polar surface area (TPSA) is 41.5 Å². The first kappa shape index (κ1) is 14.0. The molecule has 1 aromatic carbocycles. The third kappa shape index (κ3) is 3.45. The van der Waals surface area contributed by atoms with Crippen LogP contribution >= 0.6 is 0 Å². The summed E-state index contributed by atoms with van der Waals surface area (Å²) in [5, 5.41) is 12.4. The van der Waals surface area contributed by atoms with Crippen molar-refractivity contribution in [3.05, 3.63) is 28.8 Å². The van der Waals surface area contributed by atoms with Crippen molar-refractivity contribution in [3.63, 3.8) is 0 Å². The fourth-order valence-electron chi connectivity index (χ4n) is 1.82. The number of aliphatic hydroxyl groups excluding tert-OH is 1. The van der Waals surface area contributed by atoms with E-state index < -0.39 is 5.54 Å². The normalized spacial score (nSPS) is 14.5. The van der Waals surface area contributed by atoms with Gasteiger partial charge in [-0.3, -0.25) is 0 Å². The zero-order valence-corrected chi connectivity index (χ0v) is 11.4. The number of hydrogen-bond donors (Lipinski definition) is 2. The number of hydrogen-bond acceptors (Lipinski definition) is 3. The van der Waals surface area contributed by atoms with Gasteiger partial charge in [0.25, 0.3) is 0 Å². The molecule has 0 aliphatic rings. The van der Waals surface area contributed by atoms with Gasteiger partial charge in [-0.1, -0.05) is 17.7 Å². The van der Waals surface area contributed by atoms with Crippen LogP contribution in [-0.4, -0.2) is 30.9 Å². The summed E-state index contributed by atoms with van der Waals surface area (Å²) >= 11 is 0. The molecule has 1 aromatic rings. The fraction of sp³-hybridized carbons (Fsp3) is 0.571. The summed E-state index contributed by atoms with van der Waals surface area (Å²) in [6.07, 6.45) is 0. The Morgan fingerprint density at radius 3 is 2.18 bits per heavy atom. The zero-order chi connectivity index (χ0) is 13.1. The molecule has 0 amide bonds. The van der Waals surface area contributed by atoms with E-state index in [9.17, 15) is 5.11 Å². The van der Waals surface area contributed by atoms with Crippen LogP contribution in [0.4, 0.5) is 0 Å². The lowest BCUT2D eigenvalue weighted by Gasteiger charge is -2.27. The molecule has 1 atom stereocenters. The van der Waals surface area contributed by atoms with Gasteiger partial charge in [-0.2, -0.15) is 0 Å². The van der Waals surface area contributed by atoms with E-state index in [2.05, 4.69) is 24.4 Å². The van der Waals surface area contributed by atoms with E-state index >= 15 is 0 Å². The van der Waals surface area contributed by atoms with E-state index in [0.29, 0.717) is 6.61 Å². The summed E-state index contributed by atoms with van der Waals surface area (Å²) in [6.45, 7) is 8.61. The fourth-order valence-corrected chi connectivity index (χ4v) is 1.82. The summed E-state index contributed by atoms with van der Waals surface area (Å²) in [6, 6.07) is 4.22. The molecule has 0 spiro atoms. The maximum atomic E-state index is 9.30. The zero-order valence-electron chi connectivity index (χ0n) is 11.4. The van der Waals surface area contributed by atoms with Crippen molar-refractivity contribution in [2.75, 3.05) is 20.3 Å². The van der Waals surface area contributed by atoms with Crippen LogP contribution in [0.15, 0.2) is 12.1 Å². The molecule has 0 aliphatic heterocycles. The van der Waals surface area contributed by atoms with Crippen molar-refractivity contribution in [2.24, 2.45) is 0 Å². The van der Waals surface area contributed by atoms with Crippen molar-refractivity contribution >= 4 is 0 Å². The Labute approximate surface area is 104 Å². The number of nitrogens with one attached hydrogen (secondary N) is 1. The Kier molecular flexibility index (Phi) is 4.54. The highest BCUT2D eigenvalue weighted by Gasteiger charge is 2.22. The Hall–Kier alpha value is -1.06. The molecule has 0 fully saturated rings. The average Bonchev–Trinajstić information content (AvgIpc) is 2.27. The molecule has 0 aromatic heterocycles. The van der Waals surface area contributed by atoms with Gasteiger partial charge in [-0.15, -0.1) is 0 Å². The first-order chi connectivity index (χ1) is 7.91. The van der Waals surface area contributed by atoms with E-state index in [1.165, 1.54) is 5.56 Å². The second kappa shape index (κ2) is 5.52. The first-order valence-electron chi connectivity index (χ1n) is 5.92. The third-order valence-electron chi connectivity index (χ3n) is 3.09. The Bertz CT molecular complexity index is 361. The molecule has 96 valence electrons. The van der Waals surface area contributed by atoms with Gasteiger partial charge in [0.15, 0.2) is 0 Å².